The van der Waals surface area contributed by atoms with Gasteiger partial charge in [0.1, 0.15) is 18.9 Å². The molecule has 0 atom stereocenters. The van der Waals surface area contributed by atoms with E-state index in [2.05, 4.69) is 22.5 Å². The van der Waals surface area contributed by atoms with E-state index in [0.717, 1.165) is 22.5 Å². The number of benzene rings is 2. The number of hydrogen-bond donors (Lipinski definition) is 2. The second-order valence-corrected chi connectivity index (χ2v) is 5.33. The van der Waals surface area contributed by atoms with Crippen molar-refractivity contribution in [3.8, 4) is 0 Å². The molecule has 1 aromatic heterocycles. The van der Waals surface area contributed by atoms with Gasteiger partial charge in [-0.1, -0.05) is 49.0 Å². The van der Waals surface area contributed by atoms with E-state index in [9.17, 15) is 14.9 Å². The van der Waals surface area contributed by atoms with E-state index >= 15 is 0 Å². The minimum absolute atomic E-state index is 0.149. The van der Waals surface area contributed by atoms with Gasteiger partial charge < -0.3 is 0 Å². The van der Waals surface area contributed by atoms with Crippen molar-refractivity contribution < 1.29 is 9.72 Å². The van der Waals surface area contributed by atoms with Gasteiger partial charge in [-0.15, -0.1) is 0 Å². The maximum atomic E-state index is 11.9. The quantitative estimate of drug-likeness (QED) is 0.530. The van der Waals surface area contributed by atoms with Crippen LogP contribution < -0.4 is 10.9 Å². The van der Waals surface area contributed by atoms with Crippen molar-refractivity contribution in [1.29, 1.82) is 0 Å². The van der Waals surface area contributed by atoms with Gasteiger partial charge in [-0.3, -0.25) is 30.4 Å². The molecule has 0 radical (unpaired) electrons. The Morgan fingerprint density at radius 1 is 1.20 bits per heavy atom. The predicted octanol–water partition coefficient (Wildman–Crippen LogP) is 2.24. The van der Waals surface area contributed by atoms with Crippen molar-refractivity contribution in [2.24, 2.45) is 0 Å². The predicted molar refractivity (Wildman–Crippen MR) is 93.1 cm³/mol. The third-order valence-corrected chi connectivity index (χ3v) is 3.60. The summed E-state index contributed by atoms with van der Waals surface area (Å²) in [6.07, 6.45) is 2.29. The topological polar surface area (TPSA) is 102 Å². The fourth-order valence-electron chi connectivity index (χ4n) is 2.42. The normalized spacial score (nSPS) is 10.4. The first-order valence-electron chi connectivity index (χ1n) is 7.43. The first kappa shape index (κ1) is 16.2. The molecule has 8 nitrogen and oxygen atoms in total. The minimum atomic E-state index is -0.567. The monoisotopic (exact) mass is 337 g/mol. The Bertz CT molecular complexity index is 958. The summed E-state index contributed by atoms with van der Waals surface area (Å²) in [5.74, 6) is -0.403. The van der Waals surface area contributed by atoms with Crippen LogP contribution in [0.15, 0.2) is 61.4 Å². The van der Waals surface area contributed by atoms with Crippen molar-refractivity contribution in [3.05, 3.63) is 77.1 Å². The third kappa shape index (κ3) is 3.63. The molecule has 2 aromatic carbocycles. The number of carbonyl (C=O) groups is 1. The fraction of sp³-hybridized carbons (Fsp3) is 0.0588. The molecule has 0 aliphatic carbocycles. The van der Waals surface area contributed by atoms with Crippen LogP contribution in [-0.2, 0) is 11.3 Å². The molecule has 0 fully saturated rings. The van der Waals surface area contributed by atoms with Crippen LogP contribution in [0.3, 0.4) is 0 Å². The number of carbonyl (C=O) groups excluding carboxylic acids is 1. The molecular formula is C17H15N5O3. The number of amides is 1. The Balaban J connectivity index is 1.63. The second kappa shape index (κ2) is 6.83. The van der Waals surface area contributed by atoms with Crippen LogP contribution in [0.25, 0.3) is 16.5 Å². The first-order valence-corrected chi connectivity index (χ1v) is 7.43. The maximum Gasteiger partial charge on any atom is 0.307 e. The smallest absolute Gasteiger partial charge is 0.299 e. The highest BCUT2D eigenvalue weighted by atomic mass is 16.6. The molecule has 25 heavy (non-hydrogen) atoms. The van der Waals surface area contributed by atoms with Crippen molar-refractivity contribution in [3.63, 3.8) is 0 Å². The molecule has 0 spiro atoms. The average molecular weight is 337 g/mol. The van der Waals surface area contributed by atoms with E-state index in [1.807, 2.05) is 42.5 Å². The summed E-state index contributed by atoms with van der Waals surface area (Å²) < 4.78 is 1.19. The van der Waals surface area contributed by atoms with Gasteiger partial charge in [0.25, 0.3) is 5.91 Å². The number of hydrogen-bond acceptors (Lipinski definition) is 5. The highest BCUT2D eigenvalue weighted by molar-refractivity contribution is 5.93. The molecule has 3 rings (SSSR count). The molecule has 2 N–H and O–H groups in total. The van der Waals surface area contributed by atoms with Gasteiger partial charge in [0.2, 0.25) is 0 Å². The van der Waals surface area contributed by atoms with Crippen LogP contribution >= 0.6 is 0 Å². The lowest BCUT2D eigenvalue weighted by atomic mass is 10.0. The Morgan fingerprint density at radius 3 is 2.72 bits per heavy atom. The summed E-state index contributed by atoms with van der Waals surface area (Å²) in [6.45, 7) is 3.79. The molecule has 1 amide bonds. The lowest BCUT2D eigenvalue weighted by Crippen LogP contribution is -2.38. The molecule has 0 unspecified atom stereocenters. The highest BCUT2D eigenvalue weighted by Crippen LogP contribution is 2.22. The molecule has 0 aliphatic heterocycles. The van der Waals surface area contributed by atoms with Crippen LogP contribution in [0.5, 0.6) is 0 Å². The minimum Gasteiger partial charge on any atom is -0.299 e. The summed E-state index contributed by atoms with van der Waals surface area (Å²) in [7, 11) is 0. The van der Waals surface area contributed by atoms with Crippen molar-refractivity contribution in [1.82, 2.24) is 20.6 Å². The highest BCUT2D eigenvalue weighted by Gasteiger charge is 2.11. The number of nitrogens with zero attached hydrogens (tertiary/aromatic N) is 3. The Morgan fingerprint density at radius 2 is 1.96 bits per heavy atom. The van der Waals surface area contributed by atoms with Gasteiger partial charge in [-0.05, 0) is 10.8 Å². The standard InChI is InChI=1S/C17H15N5O3/c1-12(15-8-4-6-13-5-2-3-7-16(13)15)19-20-17(23)11-21-10-14(9-18-21)22(24)25/h2-10,19H,1,11H2,(H,20,23). The molecular weight excluding hydrogens is 322 g/mol. The Labute approximate surface area is 142 Å². The molecule has 126 valence electrons. The average Bonchev–Trinajstić information content (AvgIpc) is 3.08. The van der Waals surface area contributed by atoms with E-state index in [-0.39, 0.29) is 12.2 Å². The number of nitrogens with one attached hydrogen (secondary N) is 2. The summed E-state index contributed by atoms with van der Waals surface area (Å²) in [5.41, 5.74) is 6.53. The molecule has 8 heteroatoms. The molecule has 0 aliphatic rings. The van der Waals surface area contributed by atoms with Gasteiger partial charge in [-0.2, -0.15) is 5.10 Å². The van der Waals surface area contributed by atoms with E-state index in [1.165, 1.54) is 10.9 Å². The second-order valence-electron chi connectivity index (χ2n) is 5.33. The molecule has 3 aromatic rings. The van der Waals surface area contributed by atoms with Crippen LogP contribution in [0, 0.1) is 10.1 Å². The number of aromatic nitrogens is 2. The van der Waals surface area contributed by atoms with Gasteiger partial charge in [0.15, 0.2) is 0 Å². The number of hydrazine groups is 1. The summed E-state index contributed by atoms with van der Waals surface area (Å²) in [5, 5.41) is 16.5. The van der Waals surface area contributed by atoms with Crippen LogP contribution in [0.4, 0.5) is 5.69 Å². The zero-order chi connectivity index (χ0) is 17.8. The largest absolute Gasteiger partial charge is 0.307 e. The third-order valence-electron chi connectivity index (χ3n) is 3.60. The SMILES string of the molecule is C=C(NNC(=O)Cn1cc([N+](=O)[O-])cn1)c1cccc2ccccc12. The van der Waals surface area contributed by atoms with Crippen LogP contribution in [-0.4, -0.2) is 20.6 Å². The summed E-state index contributed by atoms with van der Waals surface area (Å²) >= 11 is 0. The van der Waals surface area contributed by atoms with Gasteiger partial charge in [0, 0.05) is 5.56 Å². The summed E-state index contributed by atoms with van der Waals surface area (Å²) in [6, 6.07) is 13.7. The number of nitro groups is 1. The number of rotatable bonds is 6. The fourth-order valence-corrected chi connectivity index (χ4v) is 2.42. The lowest BCUT2D eigenvalue weighted by molar-refractivity contribution is -0.385. The zero-order valence-corrected chi connectivity index (χ0v) is 13.2. The Hall–Kier alpha value is -3.68. The maximum absolute atomic E-state index is 11.9. The van der Waals surface area contributed by atoms with Gasteiger partial charge in [0.05, 0.1) is 10.6 Å². The van der Waals surface area contributed by atoms with Crippen LogP contribution in [0.2, 0.25) is 0 Å². The van der Waals surface area contributed by atoms with E-state index < -0.39 is 10.8 Å². The van der Waals surface area contributed by atoms with E-state index in [0.29, 0.717) is 5.70 Å². The van der Waals surface area contributed by atoms with Crippen LogP contribution in [0.1, 0.15) is 5.56 Å². The molecule has 0 bridgehead atoms. The molecule has 0 saturated heterocycles. The van der Waals surface area contributed by atoms with Crippen molar-refractivity contribution >= 4 is 28.1 Å². The lowest BCUT2D eigenvalue weighted by Gasteiger charge is -2.13. The molecule has 0 saturated carbocycles. The zero-order valence-electron chi connectivity index (χ0n) is 13.2. The first-order chi connectivity index (χ1) is 12.0. The van der Waals surface area contributed by atoms with Gasteiger partial charge >= 0.3 is 5.69 Å². The Kier molecular flexibility index (Phi) is 4.42. The van der Waals surface area contributed by atoms with Crippen molar-refractivity contribution in [2.45, 2.75) is 6.54 Å². The van der Waals surface area contributed by atoms with Crippen molar-refractivity contribution in [2.75, 3.05) is 0 Å². The summed E-state index contributed by atoms with van der Waals surface area (Å²) in [4.78, 5) is 22.0. The number of fused-ring (bicyclic) bond motifs is 1. The van der Waals surface area contributed by atoms with E-state index in [1.54, 1.807) is 0 Å². The van der Waals surface area contributed by atoms with E-state index in [4.69, 9.17) is 0 Å². The van der Waals surface area contributed by atoms with Gasteiger partial charge in [-0.25, -0.2) is 0 Å². The molecule has 1 heterocycles.